The molecule has 0 aliphatic rings. The molecule has 1 atom stereocenters. The van der Waals surface area contributed by atoms with Gasteiger partial charge in [0.05, 0.1) is 5.69 Å². The van der Waals surface area contributed by atoms with Crippen molar-refractivity contribution < 1.29 is 9.53 Å². The first-order valence-corrected chi connectivity index (χ1v) is 7.97. The molecule has 0 radical (unpaired) electrons. The second-order valence-electron chi connectivity index (χ2n) is 5.23. The van der Waals surface area contributed by atoms with Gasteiger partial charge in [0.15, 0.2) is 10.8 Å². The van der Waals surface area contributed by atoms with Crippen molar-refractivity contribution in [1.29, 1.82) is 0 Å². The summed E-state index contributed by atoms with van der Waals surface area (Å²) in [6, 6.07) is 7.92. The van der Waals surface area contributed by atoms with Crippen LogP contribution in [0, 0.1) is 13.8 Å². The van der Waals surface area contributed by atoms with E-state index in [1.165, 1.54) is 17.7 Å². The Hall–Kier alpha value is -2.54. The number of hydrogen-bond acceptors (Lipinski definition) is 6. The molecule has 0 aliphatic heterocycles. The van der Waals surface area contributed by atoms with Crippen LogP contribution in [0.15, 0.2) is 30.6 Å². The Kier molecular flexibility index (Phi) is 4.20. The molecule has 6 nitrogen and oxygen atoms in total. The van der Waals surface area contributed by atoms with Crippen molar-refractivity contribution >= 4 is 17.3 Å². The van der Waals surface area contributed by atoms with Crippen LogP contribution in [-0.2, 0) is 4.74 Å². The summed E-state index contributed by atoms with van der Waals surface area (Å²) in [5, 5.41) is 7.15. The zero-order valence-electron chi connectivity index (χ0n) is 13.0. The number of aromatic amines is 1. The highest BCUT2D eigenvalue weighted by Gasteiger charge is 2.21. The Morgan fingerprint density at radius 2 is 2.17 bits per heavy atom. The average Bonchev–Trinajstić information content (AvgIpc) is 3.16. The Morgan fingerprint density at radius 3 is 2.87 bits per heavy atom. The van der Waals surface area contributed by atoms with Crippen LogP contribution in [-0.4, -0.2) is 26.1 Å². The number of aromatic nitrogens is 4. The molecule has 0 fully saturated rings. The lowest BCUT2D eigenvalue weighted by atomic mass is 10.1. The first-order chi connectivity index (χ1) is 11.0. The van der Waals surface area contributed by atoms with E-state index in [0.717, 1.165) is 11.1 Å². The lowest BCUT2D eigenvalue weighted by molar-refractivity contribution is 0.0342. The number of aryl methyl sites for hydroxylation is 2. The van der Waals surface area contributed by atoms with Crippen molar-refractivity contribution in [3.8, 4) is 10.8 Å². The summed E-state index contributed by atoms with van der Waals surface area (Å²) in [5.41, 5.74) is 2.73. The van der Waals surface area contributed by atoms with Gasteiger partial charge in [-0.25, -0.2) is 14.8 Å². The maximum absolute atomic E-state index is 12.4. The van der Waals surface area contributed by atoms with Gasteiger partial charge in [0.25, 0.3) is 0 Å². The van der Waals surface area contributed by atoms with E-state index in [-0.39, 0.29) is 12.1 Å². The van der Waals surface area contributed by atoms with E-state index in [1.54, 1.807) is 6.92 Å². The first kappa shape index (κ1) is 15.4. The minimum absolute atomic E-state index is 0.322. The summed E-state index contributed by atoms with van der Waals surface area (Å²) in [6.07, 6.45) is 1.08. The topological polar surface area (TPSA) is 80.8 Å². The third-order valence-corrected chi connectivity index (χ3v) is 4.54. The Morgan fingerprint density at radius 1 is 1.35 bits per heavy atom. The Labute approximate surface area is 137 Å². The number of ether oxygens (including phenoxy) is 1. The highest BCUT2D eigenvalue weighted by atomic mass is 32.1. The van der Waals surface area contributed by atoms with E-state index in [1.807, 2.05) is 38.1 Å². The van der Waals surface area contributed by atoms with Crippen LogP contribution in [0.25, 0.3) is 10.8 Å². The van der Waals surface area contributed by atoms with Crippen LogP contribution >= 0.6 is 11.3 Å². The van der Waals surface area contributed by atoms with E-state index >= 15 is 0 Å². The van der Waals surface area contributed by atoms with E-state index in [9.17, 15) is 4.79 Å². The molecule has 0 unspecified atom stereocenters. The fraction of sp³-hybridized carbons (Fsp3) is 0.250. The molecule has 2 heterocycles. The summed E-state index contributed by atoms with van der Waals surface area (Å²) >= 11 is 1.25. The standard InChI is InChI=1S/C16H16N4O2S/c1-9-5-4-6-12(7-9)11(3)22-16(21)13-10(2)19-15(23-13)14-17-8-18-20-14/h4-8,11H,1-3H3,(H,17,18,20)/t11-/m0/s1. The number of carbonyl (C=O) groups excluding carboxylic acids is 1. The van der Waals surface area contributed by atoms with Gasteiger partial charge in [0.1, 0.15) is 17.3 Å². The van der Waals surface area contributed by atoms with Crippen molar-refractivity contribution in [2.75, 3.05) is 0 Å². The predicted molar refractivity (Wildman–Crippen MR) is 87.2 cm³/mol. The van der Waals surface area contributed by atoms with Crippen molar-refractivity contribution in [3.05, 3.63) is 52.3 Å². The van der Waals surface area contributed by atoms with Gasteiger partial charge < -0.3 is 4.74 Å². The van der Waals surface area contributed by atoms with Gasteiger partial charge in [0.2, 0.25) is 0 Å². The molecular weight excluding hydrogens is 312 g/mol. The van der Waals surface area contributed by atoms with Gasteiger partial charge in [-0.15, -0.1) is 11.3 Å². The van der Waals surface area contributed by atoms with Gasteiger partial charge in [-0.1, -0.05) is 29.8 Å². The lowest BCUT2D eigenvalue weighted by Gasteiger charge is -2.13. The van der Waals surface area contributed by atoms with Gasteiger partial charge in [-0.2, -0.15) is 5.10 Å². The van der Waals surface area contributed by atoms with Crippen molar-refractivity contribution in [3.63, 3.8) is 0 Å². The fourth-order valence-corrected chi connectivity index (χ4v) is 3.10. The molecule has 0 amide bonds. The highest BCUT2D eigenvalue weighted by Crippen LogP contribution is 2.27. The maximum Gasteiger partial charge on any atom is 0.350 e. The molecule has 0 saturated carbocycles. The minimum Gasteiger partial charge on any atom is -0.454 e. The molecule has 0 bridgehead atoms. The van der Waals surface area contributed by atoms with E-state index < -0.39 is 0 Å². The number of H-pyrrole nitrogens is 1. The summed E-state index contributed by atoms with van der Waals surface area (Å²) in [7, 11) is 0. The molecule has 3 rings (SSSR count). The van der Waals surface area contributed by atoms with E-state index in [4.69, 9.17) is 4.74 Å². The fourth-order valence-electron chi connectivity index (χ4n) is 2.20. The number of thiazole rings is 1. The molecule has 0 aliphatic carbocycles. The van der Waals surface area contributed by atoms with Gasteiger partial charge >= 0.3 is 5.97 Å². The molecule has 1 aromatic carbocycles. The summed E-state index contributed by atoms with van der Waals surface area (Å²) in [5.74, 6) is 0.170. The molecule has 2 aromatic heterocycles. The lowest BCUT2D eigenvalue weighted by Crippen LogP contribution is -2.09. The SMILES string of the molecule is Cc1cccc([C@H](C)OC(=O)c2sc(-c3ncn[nH]3)nc2C)c1. The van der Waals surface area contributed by atoms with Crippen molar-refractivity contribution in [1.82, 2.24) is 20.2 Å². The molecule has 23 heavy (non-hydrogen) atoms. The second-order valence-corrected chi connectivity index (χ2v) is 6.23. The summed E-state index contributed by atoms with van der Waals surface area (Å²) in [6.45, 7) is 5.65. The van der Waals surface area contributed by atoms with Gasteiger partial charge in [0, 0.05) is 0 Å². The third kappa shape index (κ3) is 3.29. The first-order valence-electron chi connectivity index (χ1n) is 7.15. The average molecular weight is 328 g/mol. The monoisotopic (exact) mass is 328 g/mol. The van der Waals surface area contributed by atoms with Gasteiger partial charge in [-0.3, -0.25) is 5.10 Å². The van der Waals surface area contributed by atoms with Crippen LogP contribution in [0.5, 0.6) is 0 Å². The minimum atomic E-state index is -0.375. The quantitative estimate of drug-likeness (QED) is 0.742. The van der Waals surface area contributed by atoms with Crippen LogP contribution < -0.4 is 0 Å². The molecule has 3 aromatic rings. The van der Waals surface area contributed by atoms with Crippen LogP contribution in [0.2, 0.25) is 0 Å². The molecule has 0 saturated heterocycles. The number of esters is 1. The Bertz CT molecular complexity index is 826. The molecule has 118 valence electrons. The number of hydrogen-bond donors (Lipinski definition) is 1. The van der Waals surface area contributed by atoms with E-state index in [2.05, 4.69) is 20.2 Å². The van der Waals surface area contributed by atoms with Crippen LogP contribution in [0.3, 0.4) is 0 Å². The third-order valence-electron chi connectivity index (χ3n) is 3.39. The largest absolute Gasteiger partial charge is 0.454 e. The smallest absolute Gasteiger partial charge is 0.350 e. The molecular formula is C16H16N4O2S. The van der Waals surface area contributed by atoms with Crippen molar-refractivity contribution in [2.24, 2.45) is 0 Å². The maximum atomic E-state index is 12.4. The summed E-state index contributed by atoms with van der Waals surface area (Å²) < 4.78 is 5.57. The molecule has 7 heteroatoms. The highest BCUT2D eigenvalue weighted by molar-refractivity contribution is 7.16. The number of benzene rings is 1. The van der Waals surface area contributed by atoms with Gasteiger partial charge in [-0.05, 0) is 26.3 Å². The summed E-state index contributed by atoms with van der Waals surface area (Å²) in [4.78, 5) is 21.3. The Balaban J connectivity index is 1.78. The number of nitrogens with zero attached hydrogens (tertiary/aromatic N) is 3. The normalized spacial score (nSPS) is 12.1. The molecule has 0 spiro atoms. The second kappa shape index (κ2) is 6.29. The van der Waals surface area contributed by atoms with Crippen LogP contribution in [0.1, 0.15) is 39.5 Å². The number of nitrogens with one attached hydrogen (secondary N) is 1. The number of carbonyl (C=O) groups is 1. The van der Waals surface area contributed by atoms with Crippen LogP contribution in [0.4, 0.5) is 0 Å². The number of rotatable bonds is 4. The van der Waals surface area contributed by atoms with E-state index in [0.29, 0.717) is 21.4 Å². The zero-order chi connectivity index (χ0) is 16.4. The predicted octanol–water partition coefficient (Wildman–Crippen LogP) is 3.46. The zero-order valence-corrected chi connectivity index (χ0v) is 13.8. The van der Waals surface area contributed by atoms with Crippen molar-refractivity contribution in [2.45, 2.75) is 26.9 Å². The molecule has 1 N–H and O–H groups in total.